The number of hydrogen-bond acceptors (Lipinski definition) is 3. The predicted molar refractivity (Wildman–Crippen MR) is 44.3 cm³/mol. The van der Waals surface area contributed by atoms with Crippen LogP contribution in [0.2, 0.25) is 0 Å². The lowest BCUT2D eigenvalue weighted by atomic mass is 10.3. The van der Waals surface area contributed by atoms with Crippen molar-refractivity contribution in [3.63, 3.8) is 0 Å². The van der Waals surface area contributed by atoms with Crippen LogP contribution >= 0.6 is 0 Å². The summed E-state index contributed by atoms with van der Waals surface area (Å²) in [7, 11) is 0. The number of aromatic nitrogens is 2. The summed E-state index contributed by atoms with van der Waals surface area (Å²) in [5, 5.41) is 3.23. The van der Waals surface area contributed by atoms with Crippen molar-refractivity contribution in [2.45, 2.75) is 19.1 Å². The molecule has 1 rings (SSSR count). The van der Waals surface area contributed by atoms with Gasteiger partial charge in [0, 0.05) is 6.20 Å². The summed E-state index contributed by atoms with van der Waals surface area (Å²) >= 11 is 0. The van der Waals surface area contributed by atoms with E-state index < -0.39 is 23.8 Å². The van der Waals surface area contributed by atoms with E-state index in [2.05, 4.69) is 5.10 Å². The summed E-state index contributed by atoms with van der Waals surface area (Å²) in [6.45, 7) is 1.38. The van der Waals surface area contributed by atoms with Gasteiger partial charge in [0.2, 0.25) is 0 Å². The third-order valence-corrected chi connectivity index (χ3v) is 1.82. The number of carbonyl (C=O) groups is 1. The fourth-order valence-corrected chi connectivity index (χ4v) is 0.946. The first-order valence-electron chi connectivity index (χ1n) is 3.99. The molecule has 0 spiro atoms. The second-order valence-electron chi connectivity index (χ2n) is 2.86. The Bertz CT molecular complexity index is 359. The molecule has 0 unspecified atom stereocenters. The number of nitrogens with one attached hydrogen (secondary N) is 1. The molecule has 8 heteroatoms. The van der Waals surface area contributed by atoms with Gasteiger partial charge in [0.15, 0.2) is 5.69 Å². The van der Waals surface area contributed by atoms with Crippen molar-refractivity contribution in [1.29, 1.82) is 0 Å². The Hall–Kier alpha value is -1.57. The minimum atomic E-state index is -4.51. The number of halogens is 3. The quantitative estimate of drug-likeness (QED) is 0.433. The van der Waals surface area contributed by atoms with Crippen molar-refractivity contribution < 1.29 is 18.0 Å². The predicted octanol–water partition coefficient (Wildman–Crippen LogP) is 0.453. The third kappa shape index (κ3) is 2.46. The van der Waals surface area contributed by atoms with Gasteiger partial charge in [-0.1, -0.05) is 0 Å². The van der Waals surface area contributed by atoms with Gasteiger partial charge in [-0.2, -0.15) is 18.3 Å². The van der Waals surface area contributed by atoms with Crippen LogP contribution in [0.25, 0.3) is 0 Å². The van der Waals surface area contributed by atoms with Crippen molar-refractivity contribution in [2.24, 2.45) is 5.84 Å². The molecule has 0 saturated heterocycles. The smallest absolute Gasteiger partial charge is 0.292 e. The summed E-state index contributed by atoms with van der Waals surface area (Å²) in [6.07, 6.45) is -3.44. The highest BCUT2D eigenvalue weighted by molar-refractivity contribution is 5.79. The highest BCUT2D eigenvalue weighted by Gasteiger charge is 2.34. The van der Waals surface area contributed by atoms with Gasteiger partial charge >= 0.3 is 6.18 Å². The van der Waals surface area contributed by atoms with E-state index in [4.69, 9.17) is 5.84 Å². The van der Waals surface area contributed by atoms with E-state index in [0.29, 0.717) is 0 Å². The van der Waals surface area contributed by atoms with Crippen LogP contribution in [0.1, 0.15) is 18.7 Å². The van der Waals surface area contributed by atoms with Crippen molar-refractivity contribution in [1.82, 2.24) is 15.2 Å². The van der Waals surface area contributed by atoms with Gasteiger partial charge in [-0.05, 0) is 13.0 Å². The summed E-state index contributed by atoms with van der Waals surface area (Å²) in [5.41, 5.74) is 0.788. The van der Waals surface area contributed by atoms with Gasteiger partial charge in [0.1, 0.15) is 6.04 Å². The Morgan fingerprint density at radius 2 is 2.27 bits per heavy atom. The molecule has 1 heterocycles. The number of nitrogens with zero attached hydrogens (tertiary/aromatic N) is 2. The Balaban J connectivity index is 2.89. The highest BCUT2D eigenvalue weighted by Crippen LogP contribution is 2.27. The lowest BCUT2D eigenvalue weighted by Crippen LogP contribution is -2.36. The molecular formula is C7H9F3N4O. The maximum atomic E-state index is 12.1. The Morgan fingerprint density at radius 3 is 2.67 bits per heavy atom. The van der Waals surface area contributed by atoms with Crippen LogP contribution in [0.15, 0.2) is 12.3 Å². The molecule has 0 fully saturated rings. The van der Waals surface area contributed by atoms with Crippen LogP contribution in [0, 0.1) is 0 Å². The van der Waals surface area contributed by atoms with Gasteiger partial charge in [-0.3, -0.25) is 14.9 Å². The molecule has 0 saturated carbocycles. The number of rotatable bonds is 2. The Kier molecular flexibility index (Phi) is 2.98. The van der Waals surface area contributed by atoms with Crippen molar-refractivity contribution >= 4 is 5.91 Å². The molecular weight excluding hydrogens is 213 g/mol. The molecule has 84 valence electrons. The number of carbonyl (C=O) groups excluding carboxylic acids is 1. The largest absolute Gasteiger partial charge is 0.435 e. The molecule has 1 atom stereocenters. The molecule has 0 aliphatic carbocycles. The van der Waals surface area contributed by atoms with E-state index in [1.165, 1.54) is 6.92 Å². The molecule has 0 aliphatic heterocycles. The molecule has 5 nitrogen and oxygen atoms in total. The van der Waals surface area contributed by atoms with Crippen LogP contribution in [0.5, 0.6) is 0 Å². The van der Waals surface area contributed by atoms with Gasteiger partial charge in [-0.25, -0.2) is 5.84 Å². The van der Waals surface area contributed by atoms with E-state index in [1.807, 2.05) is 5.43 Å². The average molecular weight is 222 g/mol. The normalized spacial score (nSPS) is 13.7. The molecule has 0 radical (unpaired) electrons. The van der Waals surface area contributed by atoms with Gasteiger partial charge in [-0.15, -0.1) is 0 Å². The summed E-state index contributed by atoms with van der Waals surface area (Å²) in [5.74, 6) is 4.22. The van der Waals surface area contributed by atoms with Crippen LogP contribution in [0.3, 0.4) is 0 Å². The van der Waals surface area contributed by atoms with E-state index in [1.54, 1.807) is 0 Å². The molecule has 0 aliphatic rings. The van der Waals surface area contributed by atoms with Crippen LogP contribution in [0.4, 0.5) is 13.2 Å². The first kappa shape index (κ1) is 11.5. The zero-order chi connectivity index (χ0) is 11.6. The Labute approximate surface area is 83.0 Å². The molecule has 0 aromatic carbocycles. The number of hydrogen-bond donors (Lipinski definition) is 2. The molecule has 3 N–H and O–H groups in total. The maximum absolute atomic E-state index is 12.1. The van der Waals surface area contributed by atoms with Crippen molar-refractivity contribution in [3.8, 4) is 0 Å². The zero-order valence-electron chi connectivity index (χ0n) is 7.75. The van der Waals surface area contributed by atoms with Crippen molar-refractivity contribution in [2.75, 3.05) is 0 Å². The molecule has 0 bridgehead atoms. The second-order valence-corrected chi connectivity index (χ2v) is 2.86. The topological polar surface area (TPSA) is 72.9 Å². The minimum absolute atomic E-state index is 0.619. The summed E-state index contributed by atoms with van der Waals surface area (Å²) < 4.78 is 37.3. The first-order valence-corrected chi connectivity index (χ1v) is 3.99. The number of alkyl halides is 3. The van der Waals surface area contributed by atoms with Crippen molar-refractivity contribution in [3.05, 3.63) is 18.0 Å². The molecule has 15 heavy (non-hydrogen) atoms. The lowest BCUT2D eigenvalue weighted by Gasteiger charge is -2.09. The number of hydrazine groups is 1. The molecule has 1 aromatic rings. The fraction of sp³-hybridized carbons (Fsp3) is 0.429. The standard InChI is InChI=1S/C7H9F3N4O/c1-4(6(15)12-11)14-3-2-5(13-14)7(8,9)10/h2-4H,11H2,1H3,(H,12,15)/t4-/m0/s1. The second kappa shape index (κ2) is 3.89. The average Bonchev–Trinajstić information content (AvgIpc) is 2.63. The SMILES string of the molecule is C[C@@H](C(=O)NN)n1ccc(C(F)(F)F)n1. The minimum Gasteiger partial charge on any atom is -0.292 e. The van der Waals surface area contributed by atoms with Gasteiger partial charge in [0.25, 0.3) is 5.91 Å². The molecule has 1 aromatic heterocycles. The van der Waals surface area contributed by atoms with E-state index in [0.717, 1.165) is 16.9 Å². The number of nitrogens with two attached hydrogens (primary N) is 1. The fourth-order valence-electron chi connectivity index (χ4n) is 0.946. The highest BCUT2D eigenvalue weighted by atomic mass is 19.4. The van der Waals surface area contributed by atoms with Gasteiger partial charge < -0.3 is 0 Å². The Morgan fingerprint density at radius 1 is 1.67 bits per heavy atom. The monoisotopic (exact) mass is 222 g/mol. The molecule has 1 amide bonds. The van der Waals surface area contributed by atoms with Crippen LogP contribution in [-0.4, -0.2) is 15.7 Å². The van der Waals surface area contributed by atoms with E-state index >= 15 is 0 Å². The third-order valence-electron chi connectivity index (χ3n) is 1.82. The maximum Gasteiger partial charge on any atom is 0.435 e. The summed E-state index contributed by atoms with van der Waals surface area (Å²) in [4.78, 5) is 11.0. The number of amides is 1. The van der Waals surface area contributed by atoms with E-state index in [-0.39, 0.29) is 0 Å². The van der Waals surface area contributed by atoms with Gasteiger partial charge in [0.05, 0.1) is 0 Å². The van der Waals surface area contributed by atoms with E-state index in [9.17, 15) is 18.0 Å². The summed E-state index contributed by atoms with van der Waals surface area (Å²) in [6, 6.07) is -0.0913. The zero-order valence-corrected chi connectivity index (χ0v) is 7.75. The van der Waals surface area contributed by atoms with Crippen LogP contribution in [-0.2, 0) is 11.0 Å². The van der Waals surface area contributed by atoms with Crippen LogP contribution < -0.4 is 11.3 Å². The first-order chi connectivity index (χ1) is 6.86. The lowest BCUT2D eigenvalue weighted by molar-refractivity contribution is -0.142.